The van der Waals surface area contributed by atoms with Gasteiger partial charge in [-0.3, -0.25) is 14.5 Å². The average Bonchev–Trinajstić information content (AvgIpc) is 2.96. The van der Waals surface area contributed by atoms with Crippen LogP contribution in [0.4, 0.5) is 10.1 Å². The third kappa shape index (κ3) is 5.77. The smallest absolute Gasteiger partial charge is 0.259 e. The van der Waals surface area contributed by atoms with E-state index < -0.39 is 23.7 Å². The summed E-state index contributed by atoms with van der Waals surface area (Å²) in [6.07, 6.45) is 0. The van der Waals surface area contributed by atoms with Crippen LogP contribution in [-0.4, -0.2) is 25.0 Å². The molecule has 4 aromatic carbocycles. The summed E-state index contributed by atoms with van der Waals surface area (Å²) in [7, 11) is 0. The SMILES string of the molecule is Cc1ccc(N(C(=O)c2ccc3c(c2)OCCO3)[C@@H](C(=O)NCc2ccccc2)c2ccc(F)cc2)c(C)c1. The third-order valence-corrected chi connectivity index (χ3v) is 6.62. The van der Waals surface area contributed by atoms with Gasteiger partial charge in [0.25, 0.3) is 5.91 Å². The van der Waals surface area contributed by atoms with E-state index in [0.717, 1.165) is 16.7 Å². The predicted octanol–water partition coefficient (Wildman–Crippen LogP) is 5.92. The topological polar surface area (TPSA) is 67.9 Å². The molecular weight excluding hydrogens is 495 g/mol. The van der Waals surface area contributed by atoms with Crippen molar-refractivity contribution in [1.29, 1.82) is 0 Å². The number of anilines is 1. The van der Waals surface area contributed by atoms with Crippen molar-refractivity contribution in [2.75, 3.05) is 18.1 Å². The van der Waals surface area contributed by atoms with Gasteiger partial charge in [0.1, 0.15) is 25.1 Å². The molecule has 0 fully saturated rings. The lowest BCUT2D eigenvalue weighted by Crippen LogP contribution is -2.44. The third-order valence-electron chi connectivity index (χ3n) is 6.62. The molecule has 0 saturated carbocycles. The highest BCUT2D eigenvalue weighted by Crippen LogP contribution is 2.36. The molecule has 0 unspecified atom stereocenters. The highest BCUT2D eigenvalue weighted by atomic mass is 19.1. The first-order chi connectivity index (χ1) is 18.9. The number of carbonyl (C=O) groups excluding carboxylic acids is 2. The van der Waals surface area contributed by atoms with Crippen LogP contribution in [0, 0.1) is 19.7 Å². The van der Waals surface area contributed by atoms with Gasteiger partial charge in [0.05, 0.1) is 0 Å². The molecule has 0 bridgehead atoms. The van der Waals surface area contributed by atoms with Gasteiger partial charge in [-0.1, -0.05) is 60.2 Å². The summed E-state index contributed by atoms with van der Waals surface area (Å²) < 4.78 is 25.3. The summed E-state index contributed by atoms with van der Waals surface area (Å²) in [6.45, 7) is 4.95. The van der Waals surface area contributed by atoms with Gasteiger partial charge in [-0.15, -0.1) is 0 Å². The molecule has 6 nitrogen and oxygen atoms in total. The Kier molecular flexibility index (Phi) is 7.59. The number of nitrogens with one attached hydrogen (secondary N) is 1. The Bertz CT molecular complexity index is 1490. The number of ether oxygens (including phenoxy) is 2. The number of fused-ring (bicyclic) bond motifs is 1. The molecule has 0 spiro atoms. The molecule has 39 heavy (non-hydrogen) atoms. The minimum atomic E-state index is -1.07. The van der Waals surface area contributed by atoms with Crippen LogP contribution in [0.2, 0.25) is 0 Å². The number of nitrogens with zero attached hydrogens (tertiary/aromatic N) is 1. The van der Waals surface area contributed by atoms with E-state index in [4.69, 9.17) is 9.47 Å². The number of benzene rings is 4. The van der Waals surface area contributed by atoms with Crippen molar-refractivity contribution in [2.24, 2.45) is 0 Å². The van der Waals surface area contributed by atoms with E-state index in [9.17, 15) is 14.0 Å². The summed E-state index contributed by atoms with van der Waals surface area (Å²) in [5.74, 6) is -0.191. The number of amides is 2. The Hall–Kier alpha value is -4.65. The second kappa shape index (κ2) is 11.4. The van der Waals surface area contributed by atoms with Crippen molar-refractivity contribution >= 4 is 17.5 Å². The number of halogens is 1. The molecular formula is C32H29FN2O4. The van der Waals surface area contributed by atoms with Crippen molar-refractivity contribution in [3.05, 3.63) is 125 Å². The van der Waals surface area contributed by atoms with Crippen molar-refractivity contribution in [3.63, 3.8) is 0 Å². The molecule has 0 saturated heterocycles. The molecule has 2 amide bonds. The molecule has 4 aromatic rings. The Morgan fingerprint density at radius 1 is 0.872 bits per heavy atom. The average molecular weight is 525 g/mol. The summed E-state index contributed by atoms with van der Waals surface area (Å²) in [5, 5.41) is 2.98. The minimum absolute atomic E-state index is 0.274. The first-order valence-corrected chi connectivity index (χ1v) is 12.8. The van der Waals surface area contributed by atoms with E-state index in [2.05, 4.69) is 5.32 Å². The van der Waals surface area contributed by atoms with Crippen molar-refractivity contribution < 1.29 is 23.5 Å². The number of hydrogen-bond donors (Lipinski definition) is 1. The zero-order valence-electron chi connectivity index (χ0n) is 21.8. The van der Waals surface area contributed by atoms with Crippen LogP contribution in [0.1, 0.15) is 38.7 Å². The predicted molar refractivity (Wildman–Crippen MR) is 148 cm³/mol. The second-order valence-corrected chi connectivity index (χ2v) is 9.48. The number of hydrogen-bond acceptors (Lipinski definition) is 4. The Balaban J connectivity index is 1.60. The van der Waals surface area contributed by atoms with E-state index in [1.807, 2.05) is 62.4 Å². The second-order valence-electron chi connectivity index (χ2n) is 9.48. The lowest BCUT2D eigenvalue weighted by molar-refractivity contribution is -0.122. The molecule has 1 N–H and O–H groups in total. The van der Waals surface area contributed by atoms with Gasteiger partial charge < -0.3 is 14.8 Å². The fourth-order valence-corrected chi connectivity index (χ4v) is 4.70. The van der Waals surface area contributed by atoms with Crippen LogP contribution < -0.4 is 19.7 Å². The standard InChI is InChI=1S/C32H29FN2O4/c1-21-8-14-27(22(2)18-21)35(32(37)25-11-15-28-29(19-25)39-17-16-38-28)30(24-9-12-26(33)13-10-24)31(36)34-20-23-6-4-3-5-7-23/h3-15,18-19,30H,16-17,20H2,1-2H3,(H,34,36)/t30-/m1/s1. The fraction of sp³-hybridized carbons (Fsp3) is 0.188. The molecule has 7 heteroatoms. The van der Waals surface area contributed by atoms with Crippen molar-refractivity contribution in [3.8, 4) is 11.5 Å². The van der Waals surface area contributed by atoms with E-state index >= 15 is 0 Å². The zero-order chi connectivity index (χ0) is 27.4. The van der Waals surface area contributed by atoms with Crippen LogP contribution in [0.5, 0.6) is 11.5 Å². The lowest BCUT2D eigenvalue weighted by Gasteiger charge is -2.33. The van der Waals surface area contributed by atoms with Crippen LogP contribution in [0.25, 0.3) is 0 Å². The monoisotopic (exact) mass is 524 g/mol. The summed E-state index contributed by atoms with van der Waals surface area (Å²) in [4.78, 5) is 29.7. The first-order valence-electron chi connectivity index (χ1n) is 12.8. The fourth-order valence-electron chi connectivity index (χ4n) is 4.70. The van der Waals surface area contributed by atoms with Gasteiger partial charge >= 0.3 is 0 Å². The maximum atomic E-state index is 14.3. The van der Waals surface area contributed by atoms with E-state index in [0.29, 0.717) is 41.5 Å². The maximum absolute atomic E-state index is 14.3. The Morgan fingerprint density at radius 3 is 2.31 bits per heavy atom. The van der Waals surface area contributed by atoms with Crippen LogP contribution in [0.15, 0.2) is 91.0 Å². The summed E-state index contributed by atoms with van der Waals surface area (Å²) >= 11 is 0. The normalized spacial score (nSPS) is 12.9. The summed E-state index contributed by atoms with van der Waals surface area (Å²) in [5.41, 5.74) is 4.15. The highest BCUT2D eigenvalue weighted by molar-refractivity contribution is 6.10. The maximum Gasteiger partial charge on any atom is 0.259 e. The molecule has 0 aliphatic carbocycles. The molecule has 0 radical (unpaired) electrons. The highest BCUT2D eigenvalue weighted by Gasteiger charge is 2.34. The van der Waals surface area contributed by atoms with E-state index in [1.54, 1.807) is 18.2 Å². The molecule has 1 aliphatic heterocycles. The van der Waals surface area contributed by atoms with Gasteiger partial charge in [0.2, 0.25) is 5.91 Å². The minimum Gasteiger partial charge on any atom is -0.486 e. The van der Waals surface area contributed by atoms with Crippen molar-refractivity contribution in [2.45, 2.75) is 26.4 Å². The van der Waals surface area contributed by atoms with Crippen LogP contribution in [0.3, 0.4) is 0 Å². The van der Waals surface area contributed by atoms with Gasteiger partial charge in [0.15, 0.2) is 11.5 Å². The molecule has 1 aliphatic rings. The molecule has 1 heterocycles. The van der Waals surface area contributed by atoms with Crippen LogP contribution >= 0.6 is 0 Å². The largest absolute Gasteiger partial charge is 0.486 e. The first kappa shape index (κ1) is 26.0. The van der Waals surface area contributed by atoms with Gasteiger partial charge in [-0.25, -0.2) is 4.39 Å². The summed E-state index contributed by atoms with van der Waals surface area (Å²) in [6, 6.07) is 24.8. The van der Waals surface area contributed by atoms with Gasteiger partial charge in [0, 0.05) is 17.8 Å². The van der Waals surface area contributed by atoms with Gasteiger partial charge in [-0.2, -0.15) is 0 Å². The molecule has 0 aromatic heterocycles. The molecule has 1 atom stereocenters. The van der Waals surface area contributed by atoms with Crippen molar-refractivity contribution in [1.82, 2.24) is 5.32 Å². The number of rotatable bonds is 7. The van der Waals surface area contributed by atoms with E-state index in [1.165, 1.54) is 29.2 Å². The van der Waals surface area contributed by atoms with Gasteiger partial charge in [-0.05, 0) is 66.9 Å². The Labute approximate surface area is 227 Å². The van der Waals surface area contributed by atoms with E-state index in [-0.39, 0.29) is 6.54 Å². The Morgan fingerprint density at radius 2 is 1.59 bits per heavy atom. The molecule has 5 rings (SSSR count). The lowest BCUT2D eigenvalue weighted by atomic mass is 9.99. The number of carbonyl (C=O) groups is 2. The zero-order valence-corrected chi connectivity index (χ0v) is 21.8. The quantitative estimate of drug-likeness (QED) is 0.326. The number of aryl methyl sites for hydroxylation is 2. The molecule has 198 valence electrons. The van der Waals surface area contributed by atoms with Crippen LogP contribution in [-0.2, 0) is 11.3 Å².